The summed E-state index contributed by atoms with van der Waals surface area (Å²) < 4.78 is 29.9. The van der Waals surface area contributed by atoms with Gasteiger partial charge < -0.3 is 15.1 Å². The van der Waals surface area contributed by atoms with E-state index in [2.05, 4.69) is 28.5 Å². The van der Waals surface area contributed by atoms with E-state index in [4.69, 9.17) is 0 Å². The van der Waals surface area contributed by atoms with Gasteiger partial charge in [0.15, 0.2) is 0 Å². The van der Waals surface area contributed by atoms with Crippen molar-refractivity contribution in [3.8, 4) is 0 Å². The molecule has 0 aromatic heterocycles. The highest BCUT2D eigenvalue weighted by Crippen LogP contribution is 2.35. The molecule has 33 heavy (non-hydrogen) atoms. The van der Waals surface area contributed by atoms with Crippen molar-refractivity contribution >= 4 is 26.7 Å². The van der Waals surface area contributed by atoms with Gasteiger partial charge in [-0.1, -0.05) is 32.0 Å². The summed E-state index contributed by atoms with van der Waals surface area (Å²) in [6.07, 6.45) is 2.35. The van der Waals surface area contributed by atoms with Crippen molar-refractivity contribution in [2.45, 2.75) is 53.9 Å². The minimum Gasteiger partial charge on any atom is -0.356 e. The third-order valence-electron chi connectivity index (χ3n) is 6.92. The zero-order valence-electron chi connectivity index (χ0n) is 20.6. The number of hydrogen-bond donors (Lipinski definition) is 1. The maximum absolute atomic E-state index is 12.9. The smallest absolute Gasteiger partial charge is 0.285 e. The fourth-order valence-electron chi connectivity index (χ4n) is 4.62. The molecule has 1 fully saturated rings. The van der Waals surface area contributed by atoms with E-state index in [-0.39, 0.29) is 11.8 Å². The van der Waals surface area contributed by atoms with E-state index >= 15 is 0 Å². The van der Waals surface area contributed by atoms with E-state index < -0.39 is 10.0 Å². The summed E-state index contributed by atoms with van der Waals surface area (Å²) in [6, 6.07) is 5.72. The van der Waals surface area contributed by atoms with Gasteiger partial charge in [0.1, 0.15) is 10.7 Å². The van der Waals surface area contributed by atoms with Crippen LogP contribution in [0.15, 0.2) is 28.2 Å². The quantitative estimate of drug-likeness (QED) is 0.585. The van der Waals surface area contributed by atoms with Gasteiger partial charge in [-0.05, 0) is 76.4 Å². The predicted octanol–water partition coefficient (Wildman–Crippen LogP) is 3.34. The number of amides is 1. The van der Waals surface area contributed by atoms with Crippen LogP contribution >= 0.6 is 0 Å². The molecule has 0 saturated carbocycles. The van der Waals surface area contributed by atoms with Crippen LogP contribution < -0.4 is 5.32 Å². The molecule has 0 aliphatic carbocycles. The minimum absolute atomic E-state index is 0.0307. The van der Waals surface area contributed by atoms with Crippen molar-refractivity contribution in [3.05, 3.63) is 40.5 Å². The summed E-state index contributed by atoms with van der Waals surface area (Å²) in [6.45, 7) is 15.1. The molecular formula is C25H38N4O3S. The number of aryl methyl sites for hydroxylation is 2. The van der Waals surface area contributed by atoms with Gasteiger partial charge in [0.2, 0.25) is 5.91 Å². The van der Waals surface area contributed by atoms with Gasteiger partial charge in [-0.3, -0.25) is 4.79 Å². The molecule has 2 aliphatic rings. The number of carbonyl (C=O) groups is 1. The zero-order chi connectivity index (χ0) is 24.2. The highest BCUT2D eigenvalue weighted by Gasteiger charge is 2.35. The molecule has 3 rings (SSSR count). The molecule has 182 valence electrons. The molecule has 8 heteroatoms. The first-order valence-electron chi connectivity index (χ1n) is 12.1. The topological polar surface area (TPSA) is 82.1 Å². The molecule has 7 nitrogen and oxygen atoms in total. The minimum atomic E-state index is -3.73. The lowest BCUT2D eigenvalue weighted by Crippen LogP contribution is -2.43. The Morgan fingerprint density at radius 2 is 1.79 bits per heavy atom. The Hall–Kier alpha value is -2.19. The molecule has 0 unspecified atom stereocenters. The third kappa shape index (κ3) is 5.84. The Balaban J connectivity index is 1.59. The Labute approximate surface area is 199 Å². The number of benzene rings is 1. The van der Waals surface area contributed by atoms with Crippen LogP contribution in [-0.2, 0) is 14.8 Å². The first-order chi connectivity index (χ1) is 15.7. The monoisotopic (exact) mass is 474 g/mol. The van der Waals surface area contributed by atoms with Gasteiger partial charge in [-0.2, -0.15) is 8.42 Å². The molecule has 0 spiro atoms. The van der Waals surface area contributed by atoms with Crippen LogP contribution in [0.2, 0.25) is 0 Å². The SMILES string of the molecule is CCN(CC)CCCNC(=O)C1CCN(C2=NS(=O)(=O)C(c3ccc(C)c(C)c3)=C2C)CC1. The van der Waals surface area contributed by atoms with Gasteiger partial charge in [0.25, 0.3) is 10.0 Å². The molecule has 1 aromatic carbocycles. The second-order valence-electron chi connectivity index (χ2n) is 9.08. The summed E-state index contributed by atoms with van der Waals surface area (Å²) in [7, 11) is -3.73. The summed E-state index contributed by atoms with van der Waals surface area (Å²) in [4.78, 5) is 17.3. The van der Waals surface area contributed by atoms with E-state index in [9.17, 15) is 13.2 Å². The van der Waals surface area contributed by atoms with E-state index in [1.165, 1.54) is 0 Å². The number of rotatable bonds is 8. The molecular weight excluding hydrogens is 436 g/mol. The molecule has 0 atom stereocenters. The fraction of sp³-hybridized carbons (Fsp3) is 0.600. The lowest BCUT2D eigenvalue weighted by Gasteiger charge is -2.33. The van der Waals surface area contributed by atoms with Gasteiger partial charge in [-0.15, -0.1) is 4.40 Å². The molecule has 0 radical (unpaired) electrons. The summed E-state index contributed by atoms with van der Waals surface area (Å²) in [5, 5.41) is 3.08. The Morgan fingerprint density at radius 1 is 1.12 bits per heavy atom. The number of amidine groups is 1. The Kier molecular flexibility index (Phi) is 8.34. The zero-order valence-corrected chi connectivity index (χ0v) is 21.5. The first-order valence-corrected chi connectivity index (χ1v) is 13.5. The van der Waals surface area contributed by atoms with Crippen molar-refractivity contribution in [1.29, 1.82) is 0 Å². The number of piperidine rings is 1. The molecule has 1 saturated heterocycles. The molecule has 1 aromatic rings. The number of carbonyl (C=O) groups excluding carboxylic acids is 1. The highest BCUT2D eigenvalue weighted by molar-refractivity contribution is 8.00. The van der Waals surface area contributed by atoms with Crippen LogP contribution in [0.3, 0.4) is 0 Å². The van der Waals surface area contributed by atoms with Crippen LogP contribution in [0.4, 0.5) is 0 Å². The molecule has 2 heterocycles. The van der Waals surface area contributed by atoms with Gasteiger partial charge in [0, 0.05) is 31.1 Å². The third-order valence-corrected chi connectivity index (χ3v) is 8.39. The van der Waals surface area contributed by atoms with Crippen molar-refractivity contribution in [3.63, 3.8) is 0 Å². The number of likely N-dealkylation sites (tertiary alicyclic amines) is 1. The standard InChI is InChI=1S/C25H38N4O3S/c1-6-28(7-2)14-8-13-26-25(30)21-11-15-29(16-12-21)24-20(5)23(33(31,32)27-24)22-10-9-18(3)19(4)17-22/h9-10,17,21H,6-8,11-16H2,1-5H3,(H,26,30). The fourth-order valence-corrected chi connectivity index (χ4v) is 6.09. The molecule has 0 bridgehead atoms. The summed E-state index contributed by atoms with van der Waals surface area (Å²) in [5.74, 6) is 0.608. The highest BCUT2D eigenvalue weighted by atomic mass is 32.2. The summed E-state index contributed by atoms with van der Waals surface area (Å²) in [5.41, 5.74) is 3.56. The van der Waals surface area contributed by atoms with Crippen LogP contribution in [0, 0.1) is 19.8 Å². The number of sulfonamides is 1. The van der Waals surface area contributed by atoms with E-state index in [0.29, 0.717) is 54.4 Å². The van der Waals surface area contributed by atoms with Crippen LogP contribution in [0.25, 0.3) is 4.91 Å². The average molecular weight is 475 g/mol. The maximum atomic E-state index is 12.9. The van der Waals surface area contributed by atoms with E-state index in [1.807, 2.05) is 43.9 Å². The lowest BCUT2D eigenvalue weighted by molar-refractivity contribution is -0.126. The van der Waals surface area contributed by atoms with Gasteiger partial charge in [-0.25, -0.2) is 0 Å². The normalized spacial score (nSPS) is 18.7. The van der Waals surface area contributed by atoms with Crippen LogP contribution in [0.5, 0.6) is 0 Å². The summed E-state index contributed by atoms with van der Waals surface area (Å²) >= 11 is 0. The second-order valence-corrected chi connectivity index (χ2v) is 10.6. The van der Waals surface area contributed by atoms with Crippen molar-refractivity contribution in [2.75, 3.05) is 39.3 Å². The van der Waals surface area contributed by atoms with Gasteiger partial charge in [0.05, 0.1) is 0 Å². The molecule has 2 aliphatic heterocycles. The number of hydrogen-bond acceptors (Lipinski definition) is 5. The average Bonchev–Trinajstić information content (AvgIpc) is 3.04. The Bertz CT molecular complexity index is 1030. The first kappa shape index (κ1) is 25.4. The molecule has 1 amide bonds. The van der Waals surface area contributed by atoms with Crippen molar-refractivity contribution in [1.82, 2.24) is 15.1 Å². The van der Waals surface area contributed by atoms with Crippen molar-refractivity contribution < 1.29 is 13.2 Å². The molecule has 1 N–H and O–H groups in total. The largest absolute Gasteiger partial charge is 0.356 e. The van der Waals surface area contributed by atoms with Crippen LogP contribution in [0.1, 0.15) is 56.7 Å². The van der Waals surface area contributed by atoms with E-state index in [0.717, 1.165) is 37.2 Å². The van der Waals surface area contributed by atoms with Gasteiger partial charge >= 0.3 is 0 Å². The second kappa shape index (κ2) is 10.8. The lowest BCUT2D eigenvalue weighted by atomic mass is 9.95. The maximum Gasteiger partial charge on any atom is 0.285 e. The van der Waals surface area contributed by atoms with Crippen molar-refractivity contribution in [2.24, 2.45) is 10.3 Å². The predicted molar refractivity (Wildman–Crippen MR) is 135 cm³/mol. The number of nitrogens with zero attached hydrogens (tertiary/aromatic N) is 3. The number of nitrogens with one attached hydrogen (secondary N) is 1. The van der Waals surface area contributed by atoms with Crippen LogP contribution in [-0.4, -0.2) is 69.2 Å². The Morgan fingerprint density at radius 3 is 2.39 bits per heavy atom. The van der Waals surface area contributed by atoms with E-state index in [1.54, 1.807) is 0 Å².